The number of rotatable bonds is 26. The number of hydrogen-bond donors (Lipinski definition) is 4. The molecule has 1 heterocycles. The van der Waals surface area contributed by atoms with Crippen molar-refractivity contribution in [2.75, 3.05) is 27.7 Å². The van der Waals surface area contributed by atoms with Gasteiger partial charge in [0.1, 0.15) is 35.8 Å². The first-order chi connectivity index (χ1) is 28.6. The van der Waals surface area contributed by atoms with Crippen molar-refractivity contribution < 1.29 is 76.1 Å². The van der Waals surface area contributed by atoms with Gasteiger partial charge in [-0.1, -0.05) is 86.4 Å². The topological polar surface area (TPSA) is 207 Å². The second kappa shape index (κ2) is 28.0. The molecule has 0 spiro atoms. The third-order valence-electron chi connectivity index (χ3n) is 11.5. The van der Waals surface area contributed by atoms with Gasteiger partial charge in [0.2, 0.25) is 23.6 Å². The summed E-state index contributed by atoms with van der Waals surface area (Å²) in [6.45, 7) is 17.2. The second-order valence-electron chi connectivity index (χ2n) is 17.9. The van der Waals surface area contributed by atoms with E-state index in [1.807, 2.05) is 61.8 Å². The van der Waals surface area contributed by atoms with Crippen molar-refractivity contribution in [2.24, 2.45) is 23.7 Å². The van der Waals surface area contributed by atoms with Gasteiger partial charge in [-0.3, -0.25) is 19.2 Å². The fourth-order valence-corrected chi connectivity index (χ4v) is 7.56. The zero-order valence-corrected chi connectivity index (χ0v) is 42.2. The molecule has 1 saturated heterocycles. The van der Waals surface area contributed by atoms with Gasteiger partial charge in [-0.15, -0.1) is 6.42 Å². The maximum atomic E-state index is 14.5. The molecule has 1 fully saturated rings. The molecule has 4 amide bonds. The predicted octanol–water partition coefficient (Wildman–Crippen LogP) is 4.67. The average molecular weight is 946 g/mol. The Kier molecular flexibility index (Phi) is 25.8. The maximum absolute atomic E-state index is 14.5. The van der Waals surface area contributed by atoms with Gasteiger partial charge < -0.3 is 57.3 Å². The summed E-state index contributed by atoms with van der Waals surface area (Å²) in [5.41, 5.74) is 9.16. The molecule has 2 rings (SSSR count). The third kappa shape index (κ3) is 17.9. The van der Waals surface area contributed by atoms with Crippen LogP contribution in [0.2, 0.25) is 0 Å². The fourth-order valence-electron chi connectivity index (χ4n) is 7.56. The van der Waals surface area contributed by atoms with E-state index in [0.29, 0.717) is 50.0 Å². The smallest absolute Gasteiger partial charge is 0.329 e. The number of benzene rings is 1. The van der Waals surface area contributed by atoms with Crippen LogP contribution in [0.15, 0.2) is 24.3 Å². The molecular formula is C46H76N6O9Y-2. The molecule has 0 saturated carbocycles. The van der Waals surface area contributed by atoms with Crippen LogP contribution in [-0.2, 0) is 72.6 Å². The standard InChI is InChI=1S/C46H76N6O9.Y/c1-13-30(8)40(39(54)26-33(53)19-16-27(2)3)49-43(56)41(50-42(55)36(48-10)24-29(6)7)31(9)61-46(59)38(25-32-17-20-34(60-12)21-18-32)51(11)45(58)37-15-14-22-52(37)44(57)35(47)23-28(4)5;/h16-18,20-21,27-31,35-41,47-48,54H,13-15,19,22-26H2,1-12H3,(H,49,56)(H,50,55);/q-2;/t30-,31+,35-,36?,37-,38-,39-,40+,41-;/m0./s1. The molecule has 1 aromatic rings. The summed E-state index contributed by atoms with van der Waals surface area (Å²) in [5, 5.41) is 20.0. The number of aliphatic hydroxyl groups excluding tert-OH is 1. The second-order valence-corrected chi connectivity index (χ2v) is 17.9. The van der Waals surface area contributed by atoms with Crippen molar-refractivity contribution in [3.8, 4) is 5.75 Å². The van der Waals surface area contributed by atoms with E-state index in [1.54, 1.807) is 31.3 Å². The molecule has 5 N–H and O–H groups in total. The number of Topliss-reactive ketones (excluding diaryl/α,β-unsaturated/α-hetero) is 1. The van der Waals surface area contributed by atoms with Crippen LogP contribution in [0.1, 0.15) is 113 Å². The van der Waals surface area contributed by atoms with Crippen molar-refractivity contribution >= 4 is 35.4 Å². The summed E-state index contributed by atoms with van der Waals surface area (Å²) in [4.78, 5) is 85.8. The van der Waals surface area contributed by atoms with Crippen LogP contribution in [0.25, 0.3) is 5.73 Å². The molecule has 0 aromatic heterocycles. The molecule has 1 unspecified atom stereocenters. The van der Waals surface area contributed by atoms with Crippen LogP contribution in [-0.4, -0.2) is 126 Å². The Morgan fingerprint density at radius 2 is 1.56 bits per heavy atom. The number of amides is 4. The van der Waals surface area contributed by atoms with Crippen LogP contribution >= 0.6 is 0 Å². The largest absolute Gasteiger partial charge is 0.667 e. The van der Waals surface area contributed by atoms with Crippen molar-refractivity contribution in [1.29, 1.82) is 0 Å². The van der Waals surface area contributed by atoms with Gasteiger partial charge in [0, 0.05) is 59.1 Å². The Morgan fingerprint density at radius 1 is 0.952 bits per heavy atom. The summed E-state index contributed by atoms with van der Waals surface area (Å²) in [6, 6.07) is 0.861. The van der Waals surface area contributed by atoms with E-state index in [2.05, 4.69) is 16.0 Å². The number of likely N-dealkylation sites (N-methyl/N-ethyl adjacent to an activating group) is 2. The fraction of sp³-hybridized carbons (Fsp3) is 0.717. The van der Waals surface area contributed by atoms with Crippen LogP contribution in [0.3, 0.4) is 0 Å². The zero-order chi connectivity index (χ0) is 46.1. The molecular weight excluding hydrogens is 869 g/mol. The molecule has 1 aliphatic heterocycles. The van der Waals surface area contributed by atoms with Crippen molar-refractivity contribution in [3.63, 3.8) is 0 Å². The first-order valence-electron chi connectivity index (χ1n) is 22.1. The van der Waals surface area contributed by atoms with Crippen LogP contribution in [0, 0.1) is 30.1 Å². The monoisotopic (exact) mass is 945 g/mol. The summed E-state index contributed by atoms with van der Waals surface area (Å²) in [7, 11) is 4.65. The third-order valence-corrected chi connectivity index (χ3v) is 11.5. The number of ether oxygens (including phenoxy) is 2. The van der Waals surface area contributed by atoms with Gasteiger partial charge in [0.15, 0.2) is 0 Å². The molecule has 15 nitrogen and oxygen atoms in total. The molecule has 1 radical (unpaired) electrons. The molecule has 1 aromatic carbocycles. The van der Waals surface area contributed by atoms with E-state index in [-0.39, 0.29) is 81.4 Å². The Balaban J connectivity index is 0.0000192. The van der Waals surface area contributed by atoms with Crippen molar-refractivity contribution in [1.82, 2.24) is 25.8 Å². The van der Waals surface area contributed by atoms with Crippen LogP contribution in [0.4, 0.5) is 0 Å². The summed E-state index contributed by atoms with van der Waals surface area (Å²) < 4.78 is 11.4. The SMILES string of the molecule is CC[C@H](C)[C@@H](NC(=O)[C@@H](NC(=O)C(CC(C)C)NC)[C@@H](C)OC(=O)[C@H](Cc1ccc(OC)cc1)N(C)C(=O)[C@@H]1CCCN1C(=O)[C@@H]([NH-])CC(C)C)[C@@H](O)CC(=O)C[CH-]C(C)C.[Y]. The number of likely N-dealkylation sites (tertiary alicyclic amines) is 1. The Hall–Kier alpha value is -2.98. The summed E-state index contributed by atoms with van der Waals surface area (Å²) >= 11 is 0. The van der Waals surface area contributed by atoms with Gasteiger partial charge in [0.05, 0.1) is 25.3 Å². The minimum atomic E-state index is -1.44. The normalized spacial score (nSPS) is 17.8. The number of aliphatic hydroxyl groups is 1. The molecule has 62 heavy (non-hydrogen) atoms. The summed E-state index contributed by atoms with van der Waals surface area (Å²) in [6.07, 6.45) is 1.64. The molecule has 0 aliphatic carbocycles. The Labute approximate surface area is 396 Å². The van der Waals surface area contributed by atoms with E-state index in [4.69, 9.17) is 15.2 Å². The van der Waals surface area contributed by atoms with Gasteiger partial charge in [-0.25, -0.2) is 4.79 Å². The number of nitrogens with one attached hydrogen (secondary N) is 4. The van der Waals surface area contributed by atoms with Gasteiger partial charge >= 0.3 is 5.97 Å². The number of ketones is 1. The number of carbonyl (C=O) groups is 6. The molecule has 1 aliphatic rings. The Morgan fingerprint density at radius 3 is 2.10 bits per heavy atom. The Bertz CT molecular complexity index is 1580. The van der Waals surface area contributed by atoms with E-state index in [1.165, 1.54) is 30.9 Å². The maximum Gasteiger partial charge on any atom is 0.329 e. The van der Waals surface area contributed by atoms with E-state index in [0.717, 1.165) is 0 Å². The first-order valence-corrected chi connectivity index (χ1v) is 22.1. The molecule has 349 valence electrons. The molecule has 9 atom stereocenters. The quantitative estimate of drug-likeness (QED) is 0.0746. The van der Waals surface area contributed by atoms with Gasteiger partial charge in [-0.2, -0.15) is 5.92 Å². The number of hydrogen-bond acceptors (Lipinski definition) is 10. The van der Waals surface area contributed by atoms with Gasteiger partial charge in [0.25, 0.3) is 0 Å². The van der Waals surface area contributed by atoms with Crippen molar-refractivity contribution in [3.05, 3.63) is 42.0 Å². The van der Waals surface area contributed by atoms with Gasteiger partial charge in [-0.05, 0) is 68.7 Å². The number of methoxy groups -OCH3 is 1. The minimum Gasteiger partial charge on any atom is -0.667 e. The van der Waals surface area contributed by atoms with Crippen LogP contribution in [0.5, 0.6) is 5.75 Å². The molecule has 16 heteroatoms. The molecule has 0 bridgehead atoms. The van der Waals surface area contributed by atoms with Crippen LogP contribution < -0.4 is 20.7 Å². The average Bonchev–Trinajstić information content (AvgIpc) is 3.70. The predicted molar refractivity (Wildman–Crippen MR) is 236 cm³/mol. The summed E-state index contributed by atoms with van der Waals surface area (Å²) in [5.74, 6) is -2.42. The van der Waals surface area contributed by atoms with E-state index in [9.17, 15) is 33.9 Å². The minimum absolute atomic E-state index is 0. The number of nitrogens with zero attached hydrogens (tertiary/aromatic N) is 2. The van der Waals surface area contributed by atoms with E-state index >= 15 is 0 Å². The number of carbonyl (C=O) groups excluding carboxylic acids is 6. The van der Waals surface area contributed by atoms with E-state index < -0.39 is 78.1 Å². The first kappa shape index (κ1) is 57.0. The zero-order valence-electron chi connectivity index (χ0n) is 39.4. The van der Waals surface area contributed by atoms with Crippen molar-refractivity contribution in [2.45, 2.75) is 162 Å². The number of esters is 1.